The summed E-state index contributed by atoms with van der Waals surface area (Å²) >= 11 is 6.56. The highest BCUT2D eigenvalue weighted by molar-refractivity contribution is 9.10. The Kier molecular flexibility index (Phi) is 5.52. The van der Waals surface area contributed by atoms with E-state index in [1.165, 1.54) is 18.2 Å². The van der Waals surface area contributed by atoms with Crippen molar-refractivity contribution in [3.8, 4) is 5.75 Å². The summed E-state index contributed by atoms with van der Waals surface area (Å²) in [5.74, 6) is -0.313. The number of halogens is 5. The monoisotopic (exact) mass is 423 g/mol. The van der Waals surface area contributed by atoms with Gasteiger partial charge in [-0.2, -0.15) is 8.78 Å². The lowest BCUT2D eigenvalue weighted by Gasteiger charge is -2.13. The Labute approximate surface area is 136 Å². The van der Waals surface area contributed by atoms with E-state index in [0.717, 1.165) is 4.47 Å². The molecule has 0 saturated heterocycles. The summed E-state index contributed by atoms with van der Waals surface area (Å²) < 4.78 is 43.8. The van der Waals surface area contributed by atoms with Gasteiger partial charge in [0.05, 0.1) is 5.69 Å². The average Bonchev–Trinajstić information content (AvgIpc) is 2.42. The van der Waals surface area contributed by atoms with Gasteiger partial charge in [0.25, 0.3) is 0 Å². The summed E-state index contributed by atoms with van der Waals surface area (Å²) in [6.07, 6.45) is 0. The van der Waals surface area contributed by atoms with Crippen LogP contribution in [0.15, 0.2) is 45.3 Å². The van der Waals surface area contributed by atoms with E-state index in [1.54, 1.807) is 18.2 Å². The molecule has 0 unspecified atom stereocenters. The molecule has 0 atom stereocenters. The predicted molar refractivity (Wildman–Crippen MR) is 82.2 cm³/mol. The number of alkyl halides is 2. The SMILES string of the molecule is Fc1ccc(Br)c(NCc2cc(Br)ccc2OC(F)F)c1. The maximum absolute atomic E-state index is 13.2. The van der Waals surface area contributed by atoms with Crippen LogP contribution in [0.2, 0.25) is 0 Å². The lowest BCUT2D eigenvalue weighted by Crippen LogP contribution is -2.07. The second kappa shape index (κ2) is 7.17. The van der Waals surface area contributed by atoms with Crippen LogP contribution in [0.25, 0.3) is 0 Å². The van der Waals surface area contributed by atoms with Crippen molar-refractivity contribution in [2.75, 3.05) is 5.32 Å². The van der Waals surface area contributed by atoms with Gasteiger partial charge in [-0.15, -0.1) is 0 Å². The van der Waals surface area contributed by atoms with Crippen molar-refractivity contribution in [2.45, 2.75) is 13.2 Å². The molecule has 0 amide bonds. The van der Waals surface area contributed by atoms with E-state index < -0.39 is 6.61 Å². The molecule has 2 nitrogen and oxygen atoms in total. The molecule has 0 heterocycles. The number of ether oxygens (including phenoxy) is 1. The maximum atomic E-state index is 13.2. The molecule has 7 heteroatoms. The largest absolute Gasteiger partial charge is 0.434 e. The molecule has 0 fully saturated rings. The van der Waals surface area contributed by atoms with Gasteiger partial charge >= 0.3 is 6.61 Å². The van der Waals surface area contributed by atoms with Gasteiger partial charge in [-0.05, 0) is 52.3 Å². The maximum Gasteiger partial charge on any atom is 0.387 e. The van der Waals surface area contributed by atoms with Crippen LogP contribution in [-0.2, 0) is 6.54 Å². The van der Waals surface area contributed by atoms with Gasteiger partial charge in [0, 0.05) is 21.1 Å². The predicted octanol–water partition coefficient (Wildman–Crippen LogP) is 5.56. The molecule has 0 bridgehead atoms. The van der Waals surface area contributed by atoms with E-state index in [4.69, 9.17) is 0 Å². The molecule has 2 rings (SSSR count). The van der Waals surface area contributed by atoms with Crippen molar-refractivity contribution in [2.24, 2.45) is 0 Å². The molecular weight excluding hydrogens is 415 g/mol. The molecule has 2 aromatic carbocycles. The number of hydrogen-bond donors (Lipinski definition) is 1. The first-order chi connectivity index (χ1) is 9.95. The molecule has 1 N–H and O–H groups in total. The minimum atomic E-state index is -2.90. The highest BCUT2D eigenvalue weighted by atomic mass is 79.9. The van der Waals surface area contributed by atoms with Crippen LogP contribution in [0.5, 0.6) is 5.75 Å². The van der Waals surface area contributed by atoms with Crippen LogP contribution in [0.3, 0.4) is 0 Å². The van der Waals surface area contributed by atoms with Crippen LogP contribution >= 0.6 is 31.9 Å². The molecule has 0 saturated carbocycles. The molecule has 0 aliphatic carbocycles. The zero-order valence-corrected chi connectivity index (χ0v) is 13.7. The fraction of sp³-hybridized carbons (Fsp3) is 0.143. The third-order valence-electron chi connectivity index (χ3n) is 2.64. The first-order valence-electron chi connectivity index (χ1n) is 5.88. The Hall–Kier alpha value is -1.21. The number of nitrogens with one attached hydrogen (secondary N) is 1. The Bertz CT molecular complexity index is 638. The van der Waals surface area contributed by atoms with Gasteiger partial charge in [0.1, 0.15) is 11.6 Å². The van der Waals surface area contributed by atoms with Gasteiger partial charge in [-0.1, -0.05) is 15.9 Å². The fourth-order valence-electron chi connectivity index (χ4n) is 1.72. The van der Waals surface area contributed by atoms with E-state index in [0.29, 0.717) is 15.7 Å². The zero-order valence-electron chi connectivity index (χ0n) is 10.5. The summed E-state index contributed by atoms with van der Waals surface area (Å²) in [5, 5.41) is 2.98. The van der Waals surface area contributed by atoms with Crippen LogP contribution in [-0.4, -0.2) is 6.61 Å². The summed E-state index contributed by atoms with van der Waals surface area (Å²) in [4.78, 5) is 0. The first kappa shape index (κ1) is 16.2. The fourth-order valence-corrected chi connectivity index (χ4v) is 2.52. The average molecular weight is 425 g/mol. The topological polar surface area (TPSA) is 21.3 Å². The number of hydrogen-bond acceptors (Lipinski definition) is 2. The summed E-state index contributed by atoms with van der Waals surface area (Å²) in [6.45, 7) is -2.69. The molecular formula is C14H10Br2F3NO. The van der Waals surface area contributed by atoms with Crippen molar-refractivity contribution >= 4 is 37.5 Å². The van der Waals surface area contributed by atoms with Crippen LogP contribution in [0, 0.1) is 5.82 Å². The standard InChI is InChI=1S/C14H10Br2F3NO/c15-9-1-4-13(21-14(18)19)8(5-9)7-20-12-6-10(17)2-3-11(12)16/h1-6,14,20H,7H2. The normalized spacial score (nSPS) is 10.8. The van der Waals surface area contributed by atoms with Crippen molar-refractivity contribution in [1.82, 2.24) is 0 Å². The van der Waals surface area contributed by atoms with Crippen molar-refractivity contribution in [1.29, 1.82) is 0 Å². The molecule has 0 aliphatic rings. The molecule has 21 heavy (non-hydrogen) atoms. The Balaban J connectivity index is 2.18. The van der Waals surface area contributed by atoms with Gasteiger partial charge in [-0.25, -0.2) is 4.39 Å². The highest BCUT2D eigenvalue weighted by Gasteiger charge is 2.11. The zero-order chi connectivity index (χ0) is 15.4. The first-order valence-corrected chi connectivity index (χ1v) is 7.46. The van der Waals surface area contributed by atoms with Crippen LogP contribution < -0.4 is 10.1 Å². The molecule has 0 aromatic heterocycles. The third-order valence-corrected chi connectivity index (χ3v) is 3.82. The van der Waals surface area contributed by atoms with E-state index in [-0.39, 0.29) is 18.1 Å². The van der Waals surface area contributed by atoms with Crippen LogP contribution in [0.4, 0.5) is 18.9 Å². The molecule has 0 spiro atoms. The van der Waals surface area contributed by atoms with E-state index in [2.05, 4.69) is 41.9 Å². The van der Waals surface area contributed by atoms with Gasteiger partial charge < -0.3 is 10.1 Å². The molecule has 0 radical (unpaired) electrons. The Morgan fingerprint density at radius 1 is 1.10 bits per heavy atom. The van der Waals surface area contributed by atoms with Gasteiger partial charge in [0.15, 0.2) is 0 Å². The van der Waals surface area contributed by atoms with Crippen LogP contribution in [0.1, 0.15) is 5.56 Å². The molecule has 112 valence electrons. The van der Waals surface area contributed by atoms with Crippen molar-refractivity contribution in [3.63, 3.8) is 0 Å². The molecule has 2 aromatic rings. The number of anilines is 1. The molecule has 0 aliphatic heterocycles. The highest BCUT2D eigenvalue weighted by Crippen LogP contribution is 2.28. The van der Waals surface area contributed by atoms with Crippen molar-refractivity contribution < 1.29 is 17.9 Å². The lowest BCUT2D eigenvalue weighted by atomic mass is 10.2. The minimum Gasteiger partial charge on any atom is -0.434 e. The summed E-state index contributed by atoms with van der Waals surface area (Å²) in [7, 11) is 0. The van der Waals surface area contributed by atoms with Gasteiger partial charge in [0.2, 0.25) is 0 Å². The van der Waals surface area contributed by atoms with Crippen molar-refractivity contribution in [3.05, 3.63) is 56.7 Å². The second-order valence-electron chi connectivity index (χ2n) is 4.11. The quantitative estimate of drug-likeness (QED) is 0.677. The summed E-state index contributed by atoms with van der Waals surface area (Å²) in [5.41, 5.74) is 1.05. The third kappa shape index (κ3) is 4.64. The minimum absolute atomic E-state index is 0.0771. The van der Waals surface area contributed by atoms with E-state index >= 15 is 0 Å². The smallest absolute Gasteiger partial charge is 0.387 e. The number of benzene rings is 2. The Morgan fingerprint density at radius 2 is 1.86 bits per heavy atom. The lowest BCUT2D eigenvalue weighted by molar-refractivity contribution is -0.0504. The Morgan fingerprint density at radius 3 is 2.57 bits per heavy atom. The summed E-state index contributed by atoms with van der Waals surface area (Å²) in [6, 6.07) is 8.93. The number of rotatable bonds is 5. The second-order valence-corrected chi connectivity index (χ2v) is 5.88. The van der Waals surface area contributed by atoms with E-state index in [1.807, 2.05) is 0 Å². The van der Waals surface area contributed by atoms with Gasteiger partial charge in [-0.3, -0.25) is 0 Å². The van der Waals surface area contributed by atoms with E-state index in [9.17, 15) is 13.2 Å².